The molecule has 3 aromatic rings. The molecule has 0 spiro atoms. The van der Waals surface area contributed by atoms with Crippen molar-refractivity contribution in [3.8, 4) is 11.4 Å². The molecular weight excluding hydrogens is 363 g/mol. The summed E-state index contributed by atoms with van der Waals surface area (Å²) in [6, 6.07) is 14.5. The summed E-state index contributed by atoms with van der Waals surface area (Å²) < 4.78 is 13.8. The number of aryl methyl sites for hydroxylation is 1. The van der Waals surface area contributed by atoms with E-state index in [9.17, 15) is 9.18 Å². The molecule has 0 aliphatic rings. The standard InChI is InChI=1S/C20H21FN4OS/c1-3-14-8-10-15(11-9-14)13(2)22-18(26)12-27-20-23-19(24-25-20)16-6-4-5-7-17(16)21/h4-11,13H,3,12H2,1-2H3,(H,22,26)(H,23,24,25)/t13-/m0/s1. The molecule has 0 bridgehead atoms. The lowest BCUT2D eigenvalue weighted by Gasteiger charge is -2.14. The highest BCUT2D eigenvalue weighted by molar-refractivity contribution is 7.99. The third-order valence-electron chi connectivity index (χ3n) is 4.19. The minimum Gasteiger partial charge on any atom is -0.349 e. The Hall–Kier alpha value is -2.67. The maximum absolute atomic E-state index is 13.8. The fraction of sp³-hybridized carbons (Fsp3) is 0.250. The van der Waals surface area contributed by atoms with Gasteiger partial charge in [-0.3, -0.25) is 9.89 Å². The van der Waals surface area contributed by atoms with Crippen LogP contribution in [0.1, 0.15) is 31.0 Å². The van der Waals surface area contributed by atoms with Gasteiger partial charge in [-0.15, -0.1) is 5.10 Å². The van der Waals surface area contributed by atoms with Crippen molar-refractivity contribution in [1.29, 1.82) is 0 Å². The van der Waals surface area contributed by atoms with E-state index in [0.29, 0.717) is 16.5 Å². The number of amides is 1. The predicted octanol–water partition coefficient (Wildman–Crippen LogP) is 4.14. The van der Waals surface area contributed by atoms with Gasteiger partial charge in [0.1, 0.15) is 5.82 Å². The van der Waals surface area contributed by atoms with E-state index in [-0.39, 0.29) is 23.5 Å². The number of aromatic amines is 1. The Balaban J connectivity index is 1.54. The van der Waals surface area contributed by atoms with Crippen molar-refractivity contribution in [3.05, 3.63) is 65.5 Å². The lowest BCUT2D eigenvalue weighted by Crippen LogP contribution is -2.28. The minimum atomic E-state index is -0.370. The number of rotatable bonds is 7. The van der Waals surface area contributed by atoms with Crippen LogP contribution in [0.2, 0.25) is 0 Å². The number of nitrogens with zero attached hydrogens (tertiary/aromatic N) is 2. The van der Waals surface area contributed by atoms with Gasteiger partial charge < -0.3 is 5.32 Å². The van der Waals surface area contributed by atoms with Crippen molar-refractivity contribution in [1.82, 2.24) is 20.5 Å². The zero-order valence-electron chi connectivity index (χ0n) is 15.2. The van der Waals surface area contributed by atoms with Crippen LogP contribution >= 0.6 is 11.8 Å². The number of thioether (sulfide) groups is 1. The molecule has 1 aromatic heterocycles. The van der Waals surface area contributed by atoms with Crippen LogP contribution in [-0.4, -0.2) is 26.8 Å². The van der Waals surface area contributed by atoms with Crippen molar-refractivity contribution in [2.24, 2.45) is 0 Å². The van der Waals surface area contributed by atoms with E-state index in [0.717, 1.165) is 12.0 Å². The molecule has 1 amide bonds. The Labute approximate surface area is 161 Å². The number of H-pyrrole nitrogens is 1. The first-order valence-corrected chi connectivity index (χ1v) is 9.73. The lowest BCUT2D eigenvalue weighted by molar-refractivity contribution is -0.119. The van der Waals surface area contributed by atoms with Crippen LogP contribution in [0.4, 0.5) is 4.39 Å². The van der Waals surface area contributed by atoms with Gasteiger partial charge in [-0.05, 0) is 36.6 Å². The summed E-state index contributed by atoms with van der Waals surface area (Å²) in [6.45, 7) is 4.06. The Bertz CT molecular complexity index is 910. The average Bonchev–Trinajstić information content (AvgIpc) is 3.15. The molecule has 0 radical (unpaired) electrons. The van der Waals surface area contributed by atoms with Crippen LogP contribution in [0.25, 0.3) is 11.4 Å². The Morgan fingerprint density at radius 1 is 1.22 bits per heavy atom. The van der Waals surface area contributed by atoms with Crippen LogP contribution in [-0.2, 0) is 11.2 Å². The second-order valence-electron chi connectivity index (χ2n) is 6.12. The van der Waals surface area contributed by atoms with E-state index < -0.39 is 0 Å². The van der Waals surface area contributed by atoms with E-state index in [1.54, 1.807) is 18.2 Å². The Kier molecular flexibility index (Phi) is 6.24. The number of halogens is 1. The van der Waals surface area contributed by atoms with E-state index in [1.807, 2.05) is 19.1 Å². The molecule has 0 fully saturated rings. The smallest absolute Gasteiger partial charge is 0.230 e. The van der Waals surface area contributed by atoms with Crippen LogP contribution < -0.4 is 5.32 Å². The van der Waals surface area contributed by atoms with Gasteiger partial charge in [-0.1, -0.05) is 55.1 Å². The highest BCUT2D eigenvalue weighted by Crippen LogP contribution is 2.21. The molecule has 7 heteroatoms. The van der Waals surface area contributed by atoms with Crippen LogP contribution in [0.5, 0.6) is 0 Å². The third-order valence-corrected chi connectivity index (χ3v) is 5.04. The van der Waals surface area contributed by atoms with Gasteiger partial charge in [0.25, 0.3) is 0 Å². The van der Waals surface area contributed by atoms with E-state index in [1.165, 1.54) is 23.4 Å². The molecule has 2 aromatic carbocycles. The number of hydrogen-bond donors (Lipinski definition) is 2. The number of benzene rings is 2. The molecule has 1 atom stereocenters. The van der Waals surface area contributed by atoms with E-state index >= 15 is 0 Å². The summed E-state index contributed by atoms with van der Waals surface area (Å²) in [5.41, 5.74) is 2.68. The number of hydrogen-bond acceptors (Lipinski definition) is 4. The number of nitrogens with one attached hydrogen (secondary N) is 2. The Morgan fingerprint density at radius 3 is 2.67 bits per heavy atom. The highest BCUT2D eigenvalue weighted by atomic mass is 32.2. The zero-order chi connectivity index (χ0) is 19.2. The molecule has 5 nitrogen and oxygen atoms in total. The lowest BCUT2D eigenvalue weighted by atomic mass is 10.1. The van der Waals surface area contributed by atoms with E-state index in [2.05, 4.69) is 39.6 Å². The summed E-state index contributed by atoms with van der Waals surface area (Å²) >= 11 is 1.21. The topological polar surface area (TPSA) is 70.7 Å². The molecule has 2 N–H and O–H groups in total. The van der Waals surface area contributed by atoms with Crippen LogP contribution in [0.15, 0.2) is 53.7 Å². The molecule has 0 saturated heterocycles. The van der Waals surface area contributed by atoms with Gasteiger partial charge in [0, 0.05) is 0 Å². The fourth-order valence-electron chi connectivity index (χ4n) is 2.62. The summed E-state index contributed by atoms with van der Waals surface area (Å²) in [4.78, 5) is 16.4. The number of carbonyl (C=O) groups is 1. The molecule has 0 aliphatic heterocycles. The summed E-state index contributed by atoms with van der Waals surface area (Å²) in [5, 5.41) is 10.1. The van der Waals surface area contributed by atoms with Crippen molar-refractivity contribution in [3.63, 3.8) is 0 Å². The molecule has 0 unspecified atom stereocenters. The maximum Gasteiger partial charge on any atom is 0.230 e. The largest absolute Gasteiger partial charge is 0.349 e. The zero-order valence-corrected chi connectivity index (χ0v) is 16.0. The maximum atomic E-state index is 13.8. The molecule has 0 aliphatic carbocycles. The molecule has 0 saturated carbocycles. The predicted molar refractivity (Wildman–Crippen MR) is 105 cm³/mol. The number of aromatic nitrogens is 3. The quantitative estimate of drug-likeness (QED) is 0.601. The molecule has 3 rings (SSSR count). The highest BCUT2D eigenvalue weighted by Gasteiger charge is 2.13. The van der Waals surface area contributed by atoms with Gasteiger partial charge in [0.15, 0.2) is 5.82 Å². The van der Waals surface area contributed by atoms with E-state index in [4.69, 9.17) is 0 Å². The minimum absolute atomic E-state index is 0.0786. The first-order chi connectivity index (χ1) is 13.1. The summed E-state index contributed by atoms with van der Waals surface area (Å²) in [7, 11) is 0. The average molecular weight is 384 g/mol. The van der Waals surface area contributed by atoms with Gasteiger partial charge in [-0.25, -0.2) is 9.37 Å². The second-order valence-corrected chi connectivity index (χ2v) is 7.06. The molecular formula is C20H21FN4OS. The monoisotopic (exact) mass is 384 g/mol. The van der Waals surface area contributed by atoms with Crippen molar-refractivity contribution in [2.45, 2.75) is 31.5 Å². The normalized spacial score (nSPS) is 12.0. The van der Waals surface area contributed by atoms with Crippen molar-refractivity contribution in [2.75, 3.05) is 5.75 Å². The molecule has 27 heavy (non-hydrogen) atoms. The summed E-state index contributed by atoms with van der Waals surface area (Å²) in [5.74, 6) is 0.0573. The van der Waals surface area contributed by atoms with Gasteiger partial charge in [0.2, 0.25) is 11.1 Å². The van der Waals surface area contributed by atoms with Crippen molar-refractivity contribution < 1.29 is 9.18 Å². The first-order valence-electron chi connectivity index (χ1n) is 8.75. The molecule has 140 valence electrons. The molecule has 1 heterocycles. The number of carbonyl (C=O) groups excluding carboxylic acids is 1. The van der Waals surface area contributed by atoms with Gasteiger partial charge in [0.05, 0.1) is 17.4 Å². The van der Waals surface area contributed by atoms with Gasteiger partial charge >= 0.3 is 0 Å². The van der Waals surface area contributed by atoms with Gasteiger partial charge in [-0.2, -0.15) is 0 Å². The summed E-state index contributed by atoms with van der Waals surface area (Å²) in [6.07, 6.45) is 0.989. The SMILES string of the molecule is CCc1ccc([C@H](C)NC(=O)CSc2n[nH]c(-c3ccccc3F)n2)cc1. The van der Waals surface area contributed by atoms with Crippen LogP contribution in [0, 0.1) is 5.82 Å². The van der Waals surface area contributed by atoms with Crippen LogP contribution in [0.3, 0.4) is 0 Å². The Morgan fingerprint density at radius 2 is 1.96 bits per heavy atom. The van der Waals surface area contributed by atoms with Crippen molar-refractivity contribution >= 4 is 17.7 Å². The first kappa shape index (κ1) is 19.1. The second kappa shape index (κ2) is 8.81. The fourth-order valence-corrected chi connectivity index (χ4v) is 3.23. The third kappa shape index (κ3) is 4.95.